The van der Waals surface area contributed by atoms with E-state index in [9.17, 15) is 13.6 Å². The molecule has 7 nitrogen and oxygen atoms in total. The monoisotopic (exact) mass is 449 g/mol. The zero-order valence-electron chi connectivity index (χ0n) is 18.4. The second-order valence-electron chi connectivity index (χ2n) is 9.25. The number of ether oxygens (including phenoxy) is 1. The summed E-state index contributed by atoms with van der Waals surface area (Å²) in [5.41, 5.74) is -0.221. The minimum Gasteiger partial charge on any atom is -0.493 e. The highest BCUT2D eigenvalue weighted by Crippen LogP contribution is 2.57. The van der Waals surface area contributed by atoms with E-state index < -0.39 is 29.6 Å². The maximum absolute atomic E-state index is 14.1. The van der Waals surface area contributed by atoms with Crippen LogP contribution in [0.4, 0.5) is 14.8 Å². The number of nitrogens with zero attached hydrogens (tertiary/aromatic N) is 3. The summed E-state index contributed by atoms with van der Waals surface area (Å²) in [6, 6.07) is 2.72. The molecule has 0 spiro atoms. The molecular formula is C23H29F2N3O4. The Kier molecular flexibility index (Phi) is 6.35. The van der Waals surface area contributed by atoms with Crippen molar-refractivity contribution in [2.75, 3.05) is 24.6 Å². The summed E-state index contributed by atoms with van der Waals surface area (Å²) < 4.78 is 39.2. The van der Waals surface area contributed by atoms with Gasteiger partial charge in [-0.15, -0.1) is 0 Å². The molecule has 174 valence electrons. The van der Waals surface area contributed by atoms with Crippen LogP contribution >= 0.6 is 0 Å². The molecular weight excluding hydrogens is 420 g/mol. The van der Waals surface area contributed by atoms with Crippen LogP contribution in [-0.4, -0.2) is 40.9 Å². The molecule has 4 rings (SSSR count). The average Bonchev–Trinajstić information content (AvgIpc) is 3.36. The minimum atomic E-state index is -1.28. The van der Waals surface area contributed by atoms with Gasteiger partial charge in [-0.1, -0.05) is 19.0 Å². The quantitative estimate of drug-likeness (QED) is 0.600. The summed E-state index contributed by atoms with van der Waals surface area (Å²) in [7, 11) is 0. The van der Waals surface area contributed by atoms with Crippen molar-refractivity contribution < 1.29 is 27.9 Å². The van der Waals surface area contributed by atoms with Crippen molar-refractivity contribution in [3.8, 4) is 5.75 Å². The first-order chi connectivity index (χ1) is 15.3. The van der Waals surface area contributed by atoms with Gasteiger partial charge >= 0.3 is 12.0 Å². The van der Waals surface area contributed by atoms with Crippen LogP contribution in [0.2, 0.25) is 0 Å². The lowest BCUT2D eigenvalue weighted by molar-refractivity contribution is -0.136. The summed E-state index contributed by atoms with van der Waals surface area (Å²) in [6.07, 6.45) is 4.48. The molecule has 1 N–H and O–H groups in total. The van der Waals surface area contributed by atoms with Crippen molar-refractivity contribution in [2.45, 2.75) is 58.3 Å². The molecule has 9 heteroatoms. The molecule has 2 fully saturated rings. The first-order valence-electron chi connectivity index (χ1n) is 11.2. The lowest BCUT2D eigenvalue weighted by Gasteiger charge is -2.35. The van der Waals surface area contributed by atoms with Crippen LogP contribution < -0.4 is 9.64 Å². The Bertz CT molecular complexity index is 943. The van der Waals surface area contributed by atoms with Crippen molar-refractivity contribution in [2.24, 2.45) is 11.3 Å². The topological polar surface area (TPSA) is 88.7 Å². The normalized spacial score (nSPS) is 18.2. The second-order valence-corrected chi connectivity index (χ2v) is 9.25. The van der Waals surface area contributed by atoms with Gasteiger partial charge in [-0.05, 0) is 43.4 Å². The third kappa shape index (κ3) is 4.86. The van der Waals surface area contributed by atoms with Crippen LogP contribution in [0, 0.1) is 23.0 Å². The van der Waals surface area contributed by atoms with E-state index >= 15 is 0 Å². The molecule has 0 radical (unpaired) electrons. The smallest absolute Gasteiger partial charge is 0.324 e. The molecule has 1 saturated carbocycles. The van der Waals surface area contributed by atoms with Gasteiger partial charge in [0, 0.05) is 36.7 Å². The van der Waals surface area contributed by atoms with Crippen molar-refractivity contribution in [3.63, 3.8) is 0 Å². The van der Waals surface area contributed by atoms with Gasteiger partial charge in [-0.2, -0.15) is 4.98 Å². The van der Waals surface area contributed by atoms with E-state index in [1.54, 1.807) is 0 Å². The maximum Gasteiger partial charge on any atom is 0.324 e. The first kappa shape index (κ1) is 22.5. The Morgan fingerprint density at radius 2 is 1.94 bits per heavy atom. The van der Waals surface area contributed by atoms with E-state index in [0.717, 1.165) is 63.2 Å². The molecule has 1 aromatic heterocycles. The molecule has 1 saturated heterocycles. The summed E-state index contributed by atoms with van der Waals surface area (Å²) in [6.45, 7) is 6.18. The number of carboxylic acids is 1. The van der Waals surface area contributed by atoms with E-state index in [1.807, 2.05) is 13.8 Å². The van der Waals surface area contributed by atoms with Crippen molar-refractivity contribution >= 4 is 12.0 Å². The third-order valence-corrected chi connectivity index (χ3v) is 6.78. The number of aromatic nitrogens is 2. The van der Waals surface area contributed by atoms with Gasteiger partial charge in [-0.3, -0.25) is 4.79 Å². The van der Waals surface area contributed by atoms with Crippen molar-refractivity contribution in [3.05, 3.63) is 35.2 Å². The zero-order chi connectivity index (χ0) is 22.9. The van der Waals surface area contributed by atoms with Crippen LogP contribution in [0.1, 0.15) is 63.3 Å². The molecule has 1 aromatic carbocycles. The Morgan fingerprint density at radius 3 is 2.47 bits per heavy atom. The number of aliphatic carboxylic acids is 1. The standard InChI is InChI=1S/C23H29F2N3O4/c1-14(2)21-26-22(32-27-21)28-8-3-15(4-9-28)23(5-6-23)7-10-31-16-11-18(24)17(13-20(29)30)19(25)12-16/h11-12,14-15H,3-10,13H2,1-2H3,(H,29,30). The van der Waals surface area contributed by atoms with Crippen LogP contribution in [0.5, 0.6) is 5.75 Å². The predicted octanol–water partition coefficient (Wildman–Crippen LogP) is 4.56. The number of benzene rings is 1. The molecule has 2 aliphatic rings. The van der Waals surface area contributed by atoms with Crippen LogP contribution in [0.15, 0.2) is 16.7 Å². The lowest BCUT2D eigenvalue weighted by Crippen LogP contribution is -2.37. The summed E-state index contributed by atoms with van der Waals surface area (Å²) >= 11 is 0. The lowest BCUT2D eigenvalue weighted by atomic mass is 9.79. The number of halogens is 2. The Labute approximate surface area is 185 Å². The van der Waals surface area contributed by atoms with Gasteiger partial charge in [0.15, 0.2) is 5.82 Å². The average molecular weight is 449 g/mol. The van der Waals surface area contributed by atoms with Crippen molar-refractivity contribution in [1.29, 1.82) is 0 Å². The summed E-state index contributed by atoms with van der Waals surface area (Å²) in [4.78, 5) is 17.4. The molecule has 1 aliphatic carbocycles. The Morgan fingerprint density at radius 1 is 1.28 bits per heavy atom. The van der Waals surface area contributed by atoms with E-state index in [1.165, 1.54) is 0 Å². The minimum absolute atomic E-state index is 0.0945. The Balaban J connectivity index is 1.28. The van der Waals surface area contributed by atoms with Gasteiger partial charge < -0.3 is 19.3 Å². The number of hydrogen-bond donors (Lipinski definition) is 1. The van der Waals surface area contributed by atoms with E-state index in [-0.39, 0.29) is 17.1 Å². The largest absolute Gasteiger partial charge is 0.493 e. The predicted molar refractivity (Wildman–Crippen MR) is 113 cm³/mol. The molecule has 32 heavy (non-hydrogen) atoms. The highest BCUT2D eigenvalue weighted by atomic mass is 19.1. The molecule has 0 amide bonds. The molecule has 0 bridgehead atoms. The number of anilines is 1. The van der Waals surface area contributed by atoms with Crippen molar-refractivity contribution in [1.82, 2.24) is 10.1 Å². The van der Waals surface area contributed by atoms with E-state index in [4.69, 9.17) is 14.4 Å². The zero-order valence-corrected chi connectivity index (χ0v) is 18.4. The second kappa shape index (κ2) is 9.03. The van der Waals surface area contributed by atoms with Crippen LogP contribution in [0.3, 0.4) is 0 Å². The van der Waals surface area contributed by atoms with Gasteiger partial charge in [0.25, 0.3) is 0 Å². The van der Waals surface area contributed by atoms with E-state index in [0.29, 0.717) is 18.5 Å². The highest BCUT2D eigenvalue weighted by molar-refractivity contribution is 5.70. The maximum atomic E-state index is 14.1. The number of carboxylic acid groups (broad SMARTS) is 1. The molecule has 2 aromatic rings. The first-order valence-corrected chi connectivity index (χ1v) is 11.2. The van der Waals surface area contributed by atoms with Gasteiger partial charge in [0.2, 0.25) is 0 Å². The third-order valence-electron chi connectivity index (χ3n) is 6.78. The van der Waals surface area contributed by atoms with Crippen LogP contribution in [0.25, 0.3) is 0 Å². The number of rotatable bonds is 9. The fraction of sp³-hybridized carbons (Fsp3) is 0.609. The fourth-order valence-corrected chi connectivity index (χ4v) is 4.65. The highest BCUT2D eigenvalue weighted by Gasteiger charge is 2.49. The summed E-state index contributed by atoms with van der Waals surface area (Å²) in [5.74, 6) is -1.44. The number of hydrogen-bond acceptors (Lipinski definition) is 6. The SMILES string of the molecule is CC(C)c1noc(N2CCC(C3(CCOc4cc(F)c(CC(=O)O)c(F)c4)CC3)CC2)n1. The Hall–Kier alpha value is -2.71. The number of carbonyl (C=O) groups is 1. The fourth-order valence-electron chi connectivity index (χ4n) is 4.65. The van der Waals surface area contributed by atoms with Gasteiger partial charge in [0.1, 0.15) is 17.4 Å². The molecule has 0 atom stereocenters. The molecule has 0 unspecified atom stereocenters. The van der Waals surface area contributed by atoms with E-state index in [2.05, 4.69) is 15.0 Å². The molecule has 1 aliphatic heterocycles. The van der Waals surface area contributed by atoms with Gasteiger partial charge in [-0.25, -0.2) is 8.78 Å². The summed E-state index contributed by atoms with van der Waals surface area (Å²) in [5, 5.41) is 12.8. The number of piperidine rings is 1. The van der Waals surface area contributed by atoms with Gasteiger partial charge in [0.05, 0.1) is 13.0 Å². The van der Waals surface area contributed by atoms with Crippen LogP contribution in [-0.2, 0) is 11.2 Å². The molecule has 2 heterocycles.